The Morgan fingerprint density at radius 2 is 1.86 bits per heavy atom. The maximum atomic E-state index is 9.11. The molecule has 0 spiro atoms. The molecule has 2 aromatic carbocycles. The van der Waals surface area contributed by atoms with E-state index in [4.69, 9.17) is 9.84 Å². The van der Waals surface area contributed by atoms with Crippen molar-refractivity contribution in [3.05, 3.63) is 78.1 Å². The van der Waals surface area contributed by atoms with E-state index in [1.54, 1.807) is 6.20 Å². The Balaban J connectivity index is 1.67. The van der Waals surface area contributed by atoms with Crippen molar-refractivity contribution in [3.8, 4) is 11.4 Å². The molecule has 4 nitrogen and oxygen atoms in total. The summed E-state index contributed by atoms with van der Waals surface area (Å²) in [6, 6.07) is 17.4. The first kappa shape index (κ1) is 13.4. The Hall–Kier alpha value is -2.59. The number of ether oxygens (including phenoxy) is 1. The van der Waals surface area contributed by atoms with Crippen LogP contribution in [-0.4, -0.2) is 14.9 Å². The largest absolute Gasteiger partial charge is 0.489 e. The number of hydrogen-bond acceptors (Lipinski definition) is 3. The lowest BCUT2D eigenvalue weighted by Gasteiger charge is -2.05. The van der Waals surface area contributed by atoms with E-state index in [1.807, 2.05) is 65.5 Å². The van der Waals surface area contributed by atoms with Crippen molar-refractivity contribution in [1.82, 2.24) is 9.78 Å². The Morgan fingerprint density at radius 3 is 2.67 bits per heavy atom. The fourth-order valence-electron chi connectivity index (χ4n) is 2.06. The maximum Gasteiger partial charge on any atom is 0.120 e. The summed E-state index contributed by atoms with van der Waals surface area (Å²) in [5, 5.41) is 13.4. The minimum Gasteiger partial charge on any atom is -0.489 e. The molecular formula is C17H16N2O2. The quantitative estimate of drug-likeness (QED) is 0.781. The predicted octanol–water partition coefficient (Wildman–Crippen LogP) is 2.94. The van der Waals surface area contributed by atoms with Gasteiger partial charge in [0.15, 0.2) is 0 Å². The minimum atomic E-state index is 0.0170. The van der Waals surface area contributed by atoms with E-state index in [0.717, 1.165) is 22.6 Å². The number of aromatic nitrogens is 2. The van der Waals surface area contributed by atoms with Crippen molar-refractivity contribution >= 4 is 0 Å². The van der Waals surface area contributed by atoms with E-state index in [2.05, 4.69) is 5.10 Å². The van der Waals surface area contributed by atoms with Gasteiger partial charge in [-0.05, 0) is 29.8 Å². The first-order valence-electron chi connectivity index (χ1n) is 6.77. The average Bonchev–Trinajstić information content (AvgIpc) is 3.03. The molecule has 0 aliphatic carbocycles. The van der Waals surface area contributed by atoms with Crippen LogP contribution in [0, 0.1) is 0 Å². The van der Waals surface area contributed by atoms with Crippen LogP contribution in [0.3, 0.4) is 0 Å². The van der Waals surface area contributed by atoms with Crippen molar-refractivity contribution in [2.75, 3.05) is 0 Å². The highest BCUT2D eigenvalue weighted by atomic mass is 16.5. The third kappa shape index (κ3) is 3.30. The molecule has 0 fully saturated rings. The van der Waals surface area contributed by atoms with Gasteiger partial charge in [-0.1, -0.05) is 30.3 Å². The lowest BCUT2D eigenvalue weighted by molar-refractivity contribution is 0.278. The molecule has 0 saturated heterocycles. The molecule has 106 valence electrons. The molecule has 1 aromatic heterocycles. The maximum absolute atomic E-state index is 9.11. The number of rotatable bonds is 5. The topological polar surface area (TPSA) is 47.3 Å². The smallest absolute Gasteiger partial charge is 0.120 e. The normalized spacial score (nSPS) is 10.5. The molecule has 0 radical (unpaired) electrons. The molecule has 3 aromatic rings. The van der Waals surface area contributed by atoms with Gasteiger partial charge in [-0.3, -0.25) is 0 Å². The van der Waals surface area contributed by atoms with Crippen LogP contribution in [0.2, 0.25) is 0 Å². The number of para-hydroxylation sites is 1. The molecule has 0 aliphatic rings. The van der Waals surface area contributed by atoms with Crippen LogP contribution in [0.4, 0.5) is 0 Å². The lowest BCUT2D eigenvalue weighted by Crippen LogP contribution is -1.96. The van der Waals surface area contributed by atoms with E-state index < -0.39 is 0 Å². The highest BCUT2D eigenvalue weighted by Crippen LogP contribution is 2.15. The van der Waals surface area contributed by atoms with Gasteiger partial charge in [0.2, 0.25) is 0 Å². The second-order valence-corrected chi connectivity index (χ2v) is 4.72. The number of benzene rings is 2. The minimum absolute atomic E-state index is 0.0170. The molecule has 1 N–H and O–H groups in total. The van der Waals surface area contributed by atoms with Crippen LogP contribution in [-0.2, 0) is 13.2 Å². The monoisotopic (exact) mass is 280 g/mol. The molecule has 3 rings (SSSR count). The molecule has 0 aliphatic heterocycles. The molecule has 0 atom stereocenters. The van der Waals surface area contributed by atoms with Crippen LogP contribution in [0.1, 0.15) is 11.1 Å². The lowest BCUT2D eigenvalue weighted by atomic mass is 10.2. The Kier molecular flexibility index (Phi) is 3.98. The van der Waals surface area contributed by atoms with Gasteiger partial charge in [0.05, 0.1) is 18.5 Å². The number of aliphatic hydroxyl groups excluding tert-OH is 1. The van der Waals surface area contributed by atoms with Crippen molar-refractivity contribution < 1.29 is 9.84 Å². The van der Waals surface area contributed by atoms with E-state index in [1.165, 1.54) is 0 Å². The molecule has 0 saturated carbocycles. The fourth-order valence-corrected chi connectivity index (χ4v) is 2.06. The van der Waals surface area contributed by atoms with Gasteiger partial charge in [0, 0.05) is 11.8 Å². The van der Waals surface area contributed by atoms with Gasteiger partial charge in [-0.25, -0.2) is 4.68 Å². The van der Waals surface area contributed by atoms with Gasteiger partial charge < -0.3 is 9.84 Å². The van der Waals surface area contributed by atoms with E-state index in [0.29, 0.717) is 6.61 Å². The van der Waals surface area contributed by atoms with Gasteiger partial charge >= 0.3 is 0 Å². The SMILES string of the molecule is OCc1cccc(OCc2cnn(-c3ccccc3)c2)c1. The third-order valence-corrected chi connectivity index (χ3v) is 3.14. The van der Waals surface area contributed by atoms with Crippen molar-refractivity contribution in [2.24, 2.45) is 0 Å². The molecule has 0 unspecified atom stereocenters. The van der Waals surface area contributed by atoms with Crippen LogP contribution in [0.5, 0.6) is 5.75 Å². The Labute approximate surface area is 123 Å². The predicted molar refractivity (Wildman–Crippen MR) is 80.3 cm³/mol. The summed E-state index contributed by atoms with van der Waals surface area (Å²) >= 11 is 0. The Bertz CT molecular complexity index is 708. The summed E-state index contributed by atoms with van der Waals surface area (Å²) in [7, 11) is 0. The first-order chi connectivity index (χ1) is 10.3. The molecule has 1 heterocycles. The highest BCUT2D eigenvalue weighted by molar-refractivity contribution is 5.31. The summed E-state index contributed by atoms with van der Waals surface area (Å²) in [4.78, 5) is 0. The fraction of sp³-hybridized carbons (Fsp3) is 0.118. The van der Waals surface area contributed by atoms with Crippen LogP contribution in [0.15, 0.2) is 67.0 Å². The van der Waals surface area contributed by atoms with E-state index in [9.17, 15) is 0 Å². The average molecular weight is 280 g/mol. The summed E-state index contributed by atoms with van der Waals surface area (Å²) in [5.74, 6) is 0.744. The van der Waals surface area contributed by atoms with E-state index in [-0.39, 0.29) is 6.61 Å². The zero-order valence-corrected chi connectivity index (χ0v) is 11.5. The number of hydrogen-bond donors (Lipinski definition) is 1. The molecular weight excluding hydrogens is 264 g/mol. The van der Waals surface area contributed by atoms with Crippen LogP contribution in [0.25, 0.3) is 5.69 Å². The number of nitrogens with zero attached hydrogens (tertiary/aromatic N) is 2. The number of aliphatic hydroxyl groups is 1. The van der Waals surface area contributed by atoms with Gasteiger partial charge in [0.25, 0.3) is 0 Å². The summed E-state index contributed by atoms with van der Waals surface area (Å²) in [6.07, 6.45) is 3.74. The Morgan fingerprint density at radius 1 is 1.00 bits per heavy atom. The van der Waals surface area contributed by atoms with E-state index >= 15 is 0 Å². The molecule has 21 heavy (non-hydrogen) atoms. The highest BCUT2D eigenvalue weighted by Gasteiger charge is 2.02. The van der Waals surface area contributed by atoms with Crippen molar-refractivity contribution in [1.29, 1.82) is 0 Å². The summed E-state index contributed by atoms with van der Waals surface area (Å²) < 4.78 is 7.54. The summed E-state index contributed by atoms with van der Waals surface area (Å²) in [5.41, 5.74) is 2.85. The van der Waals surface area contributed by atoms with Crippen LogP contribution < -0.4 is 4.74 Å². The van der Waals surface area contributed by atoms with Crippen molar-refractivity contribution in [3.63, 3.8) is 0 Å². The standard InChI is InChI=1S/C17H16N2O2/c20-12-14-5-4-8-17(9-14)21-13-15-10-18-19(11-15)16-6-2-1-3-7-16/h1-11,20H,12-13H2. The van der Waals surface area contributed by atoms with Gasteiger partial charge in [-0.15, -0.1) is 0 Å². The first-order valence-corrected chi connectivity index (χ1v) is 6.77. The zero-order chi connectivity index (χ0) is 14.5. The second-order valence-electron chi connectivity index (χ2n) is 4.72. The molecule has 4 heteroatoms. The van der Waals surface area contributed by atoms with Crippen LogP contribution >= 0.6 is 0 Å². The third-order valence-electron chi connectivity index (χ3n) is 3.14. The van der Waals surface area contributed by atoms with Gasteiger partial charge in [-0.2, -0.15) is 5.10 Å². The van der Waals surface area contributed by atoms with Crippen molar-refractivity contribution in [2.45, 2.75) is 13.2 Å². The molecule has 0 bridgehead atoms. The molecule has 0 amide bonds. The van der Waals surface area contributed by atoms with Gasteiger partial charge in [0.1, 0.15) is 12.4 Å². The summed E-state index contributed by atoms with van der Waals surface area (Å²) in [6.45, 7) is 0.463. The zero-order valence-electron chi connectivity index (χ0n) is 11.5. The second kappa shape index (κ2) is 6.24.